The van der Waals surface area contributed by atoms with Crippen LogP contribution in [0.1, 0.15) is 11.3 Å². The second kappa shape index (κ2) is 6.30. The molecular formula is C14H13NO3. The Morgan fingerprint density at radius 2 is 2.06 bits per heavy atom. The van der Waals surface area contributed by atoms with Crippen molar-refractivity contribution in [2.45, 2.75) is 6.61 Å². The van der Waals surface area contributed by atoms with E-state index in [1.165, 1.54) is 6.20 Å². The summed E-state index contributed by atoms with van der Waals surface area (Å²) in [7, 11) is 0. The van der Waals surface area contributed by atoms with Crippen LogP contribution in [0.5, 0.6) is 0 Å². The summed E-state index contributed by atoms with van der Waals surface area (Å²) in [6.07, 6.45) is 4.19. The van der Waals surface area contributed by atoms with Crippen LogP contribution in [-0.2, 0) is 11.3 Å². The van der Waals surface area contributed by atoms with E-state index >= 15 is 0 Å². The average molecular weight is 243 g/mol. The number of carbonyl (C=O) groups excluding carboxylic acids is 1. The summed E-state index contributed by atoms with van der Waals surface area (Å²) in [6.45, 7) is 0.251. The predicted octanol–water partition coefficient (Wildman–Crippen LogP) is 3.18. The number of furan rings is 1. The molecule has 1 N–H and O–H groups in total. The Kier molecular flexibility index (Phi) is 4.19. The number of amides is 1. The molecule has 1 aromatic carbocycles. The zero-order valence-corrected chi connectivity index (χ0v) is 9.71. The molecule has 2 rings (SSSR count). The van der Waals surface area contributed by atoms with Gasteiger partial charge in [-0.15, -0.1) is 0 Å². The van der Waals surface area contributed by atoms with Crippen molar-refractivity contribution in [3.05, 3.63) is 66.3 Å². The lowest BCUT2D eigenvalue weighted by Crippen LogP contribution is -2.18. The highest BCUT2D eigenvalue weighted by atomic mass is 16.5. The average Bonchev–Trinajstić information content (AvgIpc) is 2.91. The summed E-state index contributed by atoms with van der Waals surface area (Å²) >= 11 is 0. The molecule has 0 saturated carbocycles. The molecular weight excluding hydrogens is 230 g/mol. The highest BCUT2D eigenvalue weighted by Crippen LogP contribution is 2.02. The number of benzene rings is 1. The molecule has 4 heteroatoms. The van der Waals surface area contributed by atoms with Crippen LogP contribution in [0.25, 0.3) is 6.08 Å². The van der Waals surface area contributed by atoms with E-state index in [2.05, 4.69) is 5.32 Å². The Hall–Kier alpha value is -2.49. The van der Waals surface area contributed by atoms with Crippen LogP contribution in [0.4, 0.5) is 4.79 Å². The van der Waals surface area contributed by atoms with Crippen molar-refractivity contribution in [3.63, 3.8) is 0 Å². The topological polar surface area (TPSA) is 51.5 Å². The van der Waals surface area contributed by atoms with E-state index in [4.69, 9.17) is 9.15 Å². The lowest BCUT2D eigenvalue weighted by molar-refractivity contribution is 0.143. The van der Waals surface area contributed by atoms with Gasteiger partial charge in [0, 0.05) is 6.20 Å². The standard InChI is InChI=1S/C14H13NO3/c16-14(15-9-8-13-7-4-10-17-13)18-11-12-5-2-1-3-6-12/h1-10H,11H2,(H,15,16)/b9-8+. The molecule has 0 unspecified atom stereocenters. The lowest BCUT2D eigenvalue weighted by atomic mass is 10.2. The Labute approximate surface area is 105 Å². The van der Waals surface area contributed by atoms with Crippen molar-refractivity contribution in [1.29, 1.82) is 0 Å². The van der Waals surface area contributed by atoms with Gasteiger partial charge in [-0.25, -0.2) is 4.79 Å². The number of rotatable bonds is 4. The third-order valence-corrected chi connectivity index (χ3v) is 2.20. The van der Waals surface area contributed by atoms with Crippen LogP contribution in [0.3, 0.4) is 0 Å². The third kappa shape index (κ3) is 3.83. The SMILES string of the molecule is O=C(N/C=C/c1ccco1)OCc1ccccc1. The second-order valence-corrected chi connectivity index (χ2v) is 3.55. The molecule has 4 nitrogen and oxygen atoms in total. The summed E-state index contributed by atoms with van der Waals surface area (Å²) in [5.74, 6) is 0.665. The van der Waals surface area contributed by atoms with Crippen LogP contribution < -0.4 is 5.32 Å². The zero-order chi connectivity index (χ0) is 12.6. The molecule has 1 amide bonds. The first-order chi connectivity index (χ1) is 8.84. The van der Waals surface area contributed by atoms with Crippen LogP contribution in [0, 0.1) is 0 Å². The first-order valence-electron chi connectivity index (χ1n) is 5.52. The number of alkyl carbamates (subject to hydrolysis) is 1. The zero-order valence-electron chi connectivity index (χ0n) is 9.71. The van der Waals surface area contributed by atoms with Gasteiger partial charge in [0.1, 0.15) is 12.4 Å². The Morgan fingerprint density at radius 1 is 1.22 bits per heavy atom. The second-order valence-electron chi connectivity index (χ2n) is 3.55. The van der Waals surface area contributed by atoms with Crippen LogP contribution in [0.15, 0.2) is 59.3 Å². The molecule has 2 aromatic rings. The molecule has 0 saturated heterocycles. The number of hydrogen-bond donors (Lipinski definition) is 1. The minimum Gasteiger partial charge on any atom is -0.465 e. The minimum atomic E-state index is -0.498. The predicted molar refractivity (Wildman–Crippen MR) is 67.5 cm³/mol. The van der Waals surface area contributed by atoms with E-state index in [9.17, 15) is 4.79 Å². The highest BCUT2D eigenvalue weighted by molar-refractivity contribution is 5.69. The van der Waals surface area contributed by atoms with Gasteiger partial charge in [0.25, 0.3) is 0 Å². The number of ether oxygens (including phenoxy) is 1. The molecule has 0 aliphatic carbocycles. The maximum absolute atomic E-state index is 11.3. The minimum absolute atomic E-state index is 0.251. The van der Waals surface area contributed by atoms with Crippen molar-refractivity contribution in [1.82, 2.24) is 5.32 Å². The number of nitrogens with one attached hydrogen (secondary N) is 1. The molecule has 0 spiro atoms. The summed E-state index contributed by atoms with van der Waals surface area (Å²) in [4.78, 5) is 11.3. The summed E-state index contributed by atoms with van der Waals surface area (Å²) < 4.78 is 10.1. The molecule has 0 aliphatic heterocycles. The van der Waals surface area contributed by atoms with Crippen LogP contribution in [0.2, 0.25) is 0 Å². The van der Waals surface area contributed by atoms with Gasteiger partial charge in [0.2, 0.25) is 0 Å². The maximum atomic E-state index is 11.3. The lowest BCUT2D eigenvalue weighted by Gasteiger charge is -2.03. The van der Waals surface area contributed by atoms with Gasteiger partial charge in [-0.05, 0) is 23.8 Å². The monoisotopic (exact) mass is 243 g/mol. The molecule has 18 heavy (non-hydrogen) atoms. The third-order valence-electron chi connectivity index (χ3n) is 2.20. The Bertz CT molecular complexity index is 503. The number of hydrogen-bond acceptors (Lipinski definition) is 3. The summed E-state index contributed by atoms with van der Waals surface area (Å²) in [5, 5.41) is 2.49. The first-order valence-corrected chi connectivity index (χ1v) is 5.52. The van der Waals surface area contributed by atoms with E-state index in [0.717, 1.165) is 5.56 Å². The van der Waals surface area contributed by atoms with Gasteiger partial charge in [-0.2, -0.15) is 0 Å². The first kappa shape index (κ1) is 12.0. The summed E-state index contributed by atoms with van der Waals surface area (Å²) in [5.41, 5.74) is 0.947. The largest absolute Gasteiger partial charge is 0.465 e. The van der Waals surface area contributed by atoms with Crippen molar-refractivity contribution in [2.24, 2.45) is 0 Å². The molecule has 0 radical (unpaired) electrons. The fraction of sp³-hybridized carbons (Fsp3) is 0.0714. The van der Waals surface area contributed by atoms with Gasteiger partial charge >= 0.3 is 6.09 Å². The van der Waals surface area contributed by atoms with Crippen molar-refractivity contribution in [2.75, 3.05) is 0 Å². The van der Waals surface area contributed by atoms with Crippen molar-refractivity contribution in [3.8, 4) is 0 Å². The molecule has 92 valence electrons. The molecule has 0 bridgehead atoms. The molecule has 0 aliphatic rings. The molecule has 0 fully saturated rings. The van der Waals surface area contributed by atoms with E-state index in [-0.39, 0.29) is 6.61 Å². The normalized spacial score (nSPS) is 10.4. The van der Waals surface area contributed by atoms with Gasteiger partial charge < -0.3 is 9.15 Å². The fourth-order valence-corrected chi connectivity index (χ4v) is 1.34. The molecule has 0 atom stereocenters. The van der Waals surface area contributed by atoms with E-state index in [1.54, 1.807) is 24.5 Å². The Morgan fingerprint density at radius 3 is 2.78 bits per heavy atom. The maximum Gasteiger partial charge on any atom is 0.411 e. The van der Waals surface area contributed by atoms with Crippen LogP contribution in [-0.4, -0.2) is 6.09 Å². The summed E-state index contributed by atoms with van der Waals surface area (Å²) in [6, 6.07) is 13.1. The smallest absolute Gasteiger partial charge is 0.411 e. The van der Waals surface area contributed by atoms with Gasteiger partial charge in [0.15, 0.2) is 0 Å². The molecule has 1 heterocycles. The van der Waals surface area contributed by atoms with E-state index in [0.29, 0.717) is 5.76 Å². The van der Waals surface area contributed by atoms with E-state index < -0.39 is 6.09 Å². The van der Waals surface area contributed by atoms with Gasteiger partial charge in [-0.3, -0.25) is 5.32 Å². The van der Waals surface area contributed by atoms with E-state index in [1.807, 2.05) is 30.3 Å². The Balaban J connectivity index is 1.73. The van der Waals surface area contributed by atoms with Gasteiger partial charge in [-0.1, -0.05) is 30.3 Å². The number of carbonyl (C=O) groups is 1. The fourth-order valence-electron chi connectivity index (χ4n) is 1.34. The van der Waals surface area contributed by atoms with Crippen molar-refractivity contribution >= 4 is 12.2 Å². The highest BCUT2D eigenvalue weighted by Gasteiger charge is 1.99. The quantitative estimate of drug-likeness (QED) is 0.897. The van der Waals surface area contributed by atoms with Crippen LogP contribution >= 0.6 is 0 Å². The van der Waals surface area contributed by atoms with Crippen molar-refractivity contribution < 1.29 is 13.9 Å². The molecule has 1 aromatic heterocycles. The van der Waals surface area contributed by atoms with Gasteiger partial charge in [0.05, 0.1) is 6.26 Å².